The van der Waals surface area contributed by atoms with Crippen molar-refractivity contribution in [2.75, 3.05) is 7.05 Å². The number of allylic oxidation sites excluding steroid dienone is 1. The predicted molar refractivity (Wildman–Crippen MR) is 74.8 cm³/mol. The highest BCUT2D eigenvalue weighted by atomic mass is 16.6. The Morgan fingerprint density at radius 1 is 1.27 bits per heavy atom. The zero-order valence-corrected chi connectivity index (χ0v) is 12.4. The largest absolute Gasteiger partial charge is 0.363 e. The number of hydrogen-bond acceptors (Lipinski definition) is 6. The minimum Gasteiger partial charge on any atom is -0.363 e. The molecule has 9 nitrogen and oxygen atoms in total. The molecule has 0 aromatic heterocycles. The van der Waals surface area contributed by atoms with Crippen molar-refractivity contribution in [3.8, 4) is 0 Å². The maximum Gasteiger partial charge on any atom is 0.303 e. The van der Waals surface area contributed by atoms with Crippen LogP contribution in [0.3, 0.4) is 0 Å². The van der Waals surface area contributed by atoms with Crippen LogP contribution in [0.4, 0.5) is 0 Å². The van der Waals surface area contributed by atoms with Crippen molar-refractivity contribution >= 4 is 5.91 Å². The summed E-state index contributed by atoms with van der Waals surface area (Å²) in [6.45, 7) is 2.01. The lowest BCUT2D eigenvalue weighted by Gasteiger charge is -2.47. The van der Waals surface area contributed by atoms with E-state index < -0.39 is 39.9 Å². The molecule has 5 unspecified atom stereocenters. The number of nitrogens with zero attached hydrogens (tertiary/aromatic N) is 3. The van der Waals surface area contributed by atoms with Crippen LogP contribution in [0.2, 0.25) is 0 Å². The molecule has 0 radical (unpaired) electrons. The van der Waals surface area contributed by atoms with Gasteiger partial charge in [0.15, 0.2) is 6.17 Å². The Morgan fingerprint density at radius 3 is 2.55 bits per heavy atom. The van der Waals surface area contributed by atoms with Crippen molar-refractivity contribution in [3.63, 3.8) is 0 Å². The number of likely N-dealkylation sites (tertiary alicyclic amines) is 1. The van der Waals surface area contributed by atoms with Gasteiger partial charge in [0.05, 0.1) is 0 Å². The number of amides is 1. The van der Waals surface area contributed by atoms with E-state index in [0.29, 0.717) is 12.0 Å². The molecule has 1 aliphatic carbocycles. The van der Waals surface area contributed by atoms with Crippen LogP contribution in [-0.2, 0) is 4.79 Å². The van der Waals surface area contributed by atoms with Crippen LogP contribution >= 0.6 is 0 Å². The van der Waals surface area contributed by atoms with E-state index in [4.69, 9.17) is 0 Å². The van der Waals surface area contributed by atoms with E-state index in [-0.39, 0.29) is 5.92 Å². The average molecular weight is 310 g/mol. The molecule has 1 fully saturated rings. The molecule has 0 spiro atoms. The van der Waals surface area contributed by atoms with Crippen LogP contribution in [0.1, 0.15) is 26.2 Å². The van der Waals surface area contributed by atoms with Gasteiger partial charge in [-0.05, 0) is 30.8 Å². The summed E-state index contributed by atoms with van der Waals surface area (Å²) in [5, 5.41) is 26.1. The van der Waals surface area contributed by atoms with Crippen LogP contribution in [0.15, 0.2) is 11.3 Å². The van der Waals surface area contributed by atoms with Crippen molar-refractivity contribution in [2.24, 2.45) is 11.8 Å². The fourth-order valence-corrected chi connectivity index (χ4v) is 4.09. The van der Waals surface area contributed by atoms with Crippen molar-refractivity contribution in [3.05, 3.63) is 31.5 Å². The first kappa shape index (κ1) is 14.7. The number of fused-ring (bicyclic) bond motifs is 3. The van der Waals surface area contributed by atoms with E-state index in [2.05, 4.69) is 5.32 Å². The van der Waals surface area contributed by atoms with Gasteiger partial charge in [0.2, 0.25) is 0 Å². The van der Waals surface area contributed by atoms with Gasteiger partial charge in [-0.15, -0.1) is 0 Å². The Labute approximate surface area is 126 Å². The summed E-state index contributed by atoms with van der Waals surface area (Å²) in [4.78, 5) is 35.2. The lowest BCUT2D eigenvalue weighted by Crippen LogP contribution is -2.71. The third-order valence-electron chi connectivity index (χ3n) is 5.15. The van der Waals surface area contributed by atoms with Crippen LogP contribution in [0, 0.1) is 32.1 Å². The third-order valence-corrected chi connectivity index (χ3v) is 5.15. The molecule has 2 bridgehead atoms. The predicted octanol–water partition coefficient (Wildman–Crippen LogP) is 0.369. The molecule has 1 saturated heterocycles. The summed E-state index contributed by atoms with van der Waals surface area (Å²) in [7, 11) is 1.39. The van der Waals surface area contributed by atoms with Gasteiger partial charge in [-0.1, -0.05) is 6.92 Å². The summed E-state index contributed by atoms with van der Waals surface area (Å²) in [5.74, 6) is -1.43. The second-order valence-electron chi connectivity index (χ2n) is 6.30. The van der Waals surface area contributed by atoms with Gasteiger partial charge in [0.25, 0.3) is 11.9 Å². The fraction of sp³-hybridized carbons (Fsp3) is 0.769. The first-order chi connectivity index (χ1) is 10.3. The van der Waals surface area contributed by atoms with E-state index in [0.717, 1.165) is 23.4 Å². The van der Waals surface area contributed by atoms with Crippen molar-refractivity contribution in [1.82, 2.24) is 10.2 Å². The molecule has 1 N–H and O–H groups in total. The van der Waals surface area contributed by atoms with Gasteiger partial charge in [0.1, 0.15) is 5.92 Å². The molecule has 3 aliphatic rings. The molecule has 0 saturated carbocycles. The van der Waals surface area contributed by atoms with Crippen LogP contribution < -0.4 is 5.32 Å². The van der Waals surface area contributed by atoms with Gasteiger partial charge in [-0.3, -0.25) is 25.0 Å². The molecule has 22 heavy (non-hydrogen) atoms. The van der Waals surface area contributed by atoms with Crippen molar-refractivity contribution in [2.45, 2.75) is 44.4 Å². The van der Waals surface area contributed by atoms with Crippen LogP contribution in [0.5, 0.6) is 0 Å². The average Bonchev–Trinajstić information content (AvgIpc) is 2.45. The number of likely N-dealkylation sites (N-methyl/N-ethyl adjacent to an activating group) is 1. The van der Waals surface area contributed by atoms with E-state index in [1.54, 1.807) is 0 Å². The Bertz CT molecular complexity index is 589. The zero-order valence-electron chi connectivity index (χ0n) is 12.4. The minimum absolute atomic E-state index is 0.176. The van der Waals surface area contributed by atoms with Crippen LogP contribution in [-0.4, -0.2) is 46.0 Å². The number of carbonyl (C=O) groups excluding carboxylic acids is 1. The molecule has 1 amide bonds. The molecule has 5 atom stereocenters. The quantitative estimate of drug-likeness (QED) is 0.581. The lowest BCUT2D eigenvalue weighted by atomic mass is 9.70. The highest BCUT2D eigenvalue weighted by Gasteiger charge is 2.63. The monoisotopic (exact) mass is 310 g/mol. The minimum atomic E-state index is -1.56. The molecule has 120 valence electrons. The van der Waals surface area contributed by atoms with Crippen LogP contribution in [0.25, 0.3) is 0 Å². The number of piperidine rings is 1. The summed E-state index contributed by atoms with van der Waals surface area (Å²) >= 11 is 0. The topological polar surface area (TPSA) is 119 Å². The van der Waals surface area contributed by atoms with Gasteiger partial charge in [-0.25, -0.2) is 0 Å². The number of nitrogens with one attached hydrogen (secondary N) is 1. The first-order valence-electron chi connectivity index (χ1n) is 7.37. The molecule has 9 heteroatoms. The molecular formula is C13H18N4O5. The number of carbonyl (C=O) groups is 1. The summed E-state index contributed by atoms with van der Waals surface area (Å²) < 4.78 is 0. The van der Waals surface area contributed by atoms with Crippen molar-refractivity contribution < 1.29 is 14.6 Å². The second kappa shape index (κ2) is 4.92. The van der Waals surface area contributed by atoms with Gasteiger partial charge in [-0.2, -0.15) is 0 Å². The first-order valence-corrected chi connectivity index (χ1v) is 7.37. The Morgan fingerprint density at radius 2 is 1.95 bits per heavy atom. The van der Waals surface area contributed by atoms with E-state index in [1.807, 2.05) is 6.92 Å². The molecule has 0 aromatic carbocycles. The van der Waals surface area contributed by atoms with Gasteiger partial charge < -0.3 is 10.2 Å². The molecule has 0 aromatic rings. The smallest absolute Gasteiger partial charge is 0.303 e. The fourth-order valence-electron chi connectivity index (χ4n) is 4.09. The summed E-state index contributed by atoms with van der Waals surface area (Å²) in [6.07, 6.45) is 1.54. The number of rotatable bonds is 2. The maximum absolute atomic E-state index is 12.3. The lowest BCUT2D eigenvalue weighted by molar-refractivity contribution is -0.577. The standard InChI is InChI=1S/C13H18N4O5/c1-6-4-3-5-7-8-10(16(19)20)12(14-9(6)7)15(2)13(18)11(8)17(21)22/h6,8,10-12,14H,3-5H2,1-2H3. The normalized spacial score (nSPS) is 37.5. The van der Waals surface area contributed by atoms with Gasteiger partial charge in [0, 0.05) is 22.6 Å². The maximum atomic E-state index is 12.3. The third kappa shape index (κ3) is 1.87. The van der Waals surface area contributed by atoms with Gasteiger partial charge >= 0.3 is 6.04 Å². The summed E-state index contributed by atoms with van der Waals surface area (Å²) in [5.41, 5.74) is 1.57. The molecular weight excluding hydrogens is 292 g/mol. The molecule has 2 heterocycles. The van der Waals surface area contributed by atoms with Crippen molar-refractivity contribution in [1.29, 1.82) is 0 Å². The second-order valence-corrected chi connectivity index (χ2v) is 6.30. The van der Waals surface area contributed by atoms with E-state index in [1.165, 1.54) is 7.05 Å². The number of nitro groups is 2. The molecule has 3 rings (SSSR count). The van der Waals surface area contributed by atoms with E-state index in [9.17, 15) is 25.0 Å². The van der Waals surface area contributed by atoms with E-state index >= 15 is 0 Å². The Balaban J connectivity index is 2.18. The Hall–Kier alpha value is -2.19. The Kier molecular flexibility index (Phi) is 3.30. The SMILES string of the molecule is CC1CCCC2=C1NC1C([N+](=O)[O-])C2C([N+](=O)[O-])C(=O)N1C. The molecule has 2 aliphatic heterocycles. The highest BCUT2D eigenvalue weighted by Crippen LogP contribution is 2.43. The highest BCUT2D eigenvalue weighted by molar-refractivity contribution is 5.83. The summed E-state index contributed by atoms with van der Waals surface area (Å²) in [6, 6.07) is -2.74. The number of hydrogen-bond donors (Lipinski definition) is 1. The zero-order chi connectivity index (χ0) is 16.2.